The summed E-state index contributed by atoms with van der Waals surface area (Å²) in [7, 11) is -3.42. The van der Waals surface area contributed by atoms with Gasteiger partial charge in [0.15, 0.2) is 0 Å². The average Bonchev–Trinajstić information content (AvgIpc) is 2.46. The molecule has 1 unspecified atom stereocenters. The standard InChI is InChI=1S/C7H13NO5S/c1-5(4-12-14(2,10)11)6-3-8-7(9)13-6/h5-6H,3-4H2,1-2H3,(H,8,9)/t5?,6-/m0/s1. The molecule has 0 bridgehead atoms. The molecule has 0 spiro atoms. The Kier molecular flexibility index (Phi) is 3.33. The molecule has 1 aliphatic heterocycles. The average molecular weight is 223 g/mol. The largest absolute Gasteiger partial charge is 0.444 e. The van der Waals surface area contributed by atoms with Crippen molar-refractivity contribution in [1.29, 1.82) is 0 Å². The van der Waals surface area contributed by atoms with E-state index < -0.39 is 16.2 Å². The van der Waals surface area contributed by atoms with Crippen molar-refractivity contribution in [3.63, 3.8) is 0 Å². The van der Waals surface area contributed by atoms with Gasteiger partial charge in [0.05, 0.1) is 19.4 Å². The third-order valence-corrected chi connectivity index (χ3v) is 2.45. The number of rotatable bonds is 4. The highest BCUT2D eigenvalue weighted by molar-refractivity contribution is 7.85. The highest BCUT2D eigenvalue weighted by Crippen LogP contribution is 2.12. The van der Waals surface area contributed by atoms with Gasteiger partial charge in [-0.3, -0.25) is 4.18 Å². The first-order valence-electron chi connectivity index (χ1n) is 4.17. The number of carbonyl (C=O) groups excluding carboxylic acids is 1. The molecule has 82 valence electrons. The number of cyclic esters (lactones) is 1. The van der Waals surface area contributed by atoms with Gasteiger partial charge in [-0.2, -0.15) is 8.42 Å². The lowest BCUT2D eigenvalue weighted by Crippen LogP contribution is -2.26. The van der Waals surface area contributed by atoms with Crippen molar-refractivity contribution in [3.8, 4) is 0 Å². The molecule has 1 N–H and O–H groups in total. The van der Waals surface area contributed by atoms with Crippen LogP contribution in [0.1, 0.15) is 6.92 Å². The van der Waals surface area contributed by atoms with Crippen molar-refractivity contribution >= 4 is 16.2 Å². The first-order valence-corrected chi connectivity index (χ1v) is 5.99. The lowest BCUT2D eigenvalue weighted by molar-refractivity contribution is 0.0902. The number of hydrogen-bond acceptors (Lipinski definition) is 5. The van der Waals surface area contributed by atoms with E-state index in [1.54, 1.807) is 6.92 Å². The molecule has 0 aromatic heterocycles. The molecule has 14 heavy (non-hydrogen) atoms. The first-order chi connectivity index (χ1) is 6.38. The maximum absolute atomic E-state index is 10.7. The van der Waals surface area contributed by atoms with Crippen LogP contribution < -0.4 is 5.32 Å². The van der Waals surface area contributed by atoms with Gasteiger partial charge in [0.2, 0.25) is 0 Å². The van der Waals surface area contributed by atoms with Gasteiger partial charge in [0.1, 0.15) is 6.10 Å². The summed E-state index contributed by atoms with van der Waals surface area (Å²) in [5.41, 5.74) is 0. The zero-order valence-corrected chi connectivity index (χ0v) is 8.83. The topological polar surface area (TPSA) is 81.7 Å². The minimum atomic E-state index is -3.42. The fourth-order valence-electron chi connectivity index (χ4n) is 1.06. The van der Waals surface area contributed by atoms with Crippen LogP contribution >= 0.6 is 0 Å². The Balaban J connectivity index is 2.35. The summed E-state index contributed by atoms with van der Waals surface area (Å²) in [5.74, 6) is -0.149. The van der Waals surface area contributed by atoms with Crippen LogP contribution in [-0.2, 0) is 19.0 Å². The van der Waals surface area contributed by atoms with Crippen LogP contribution in [0.15, 0.2) is 0 Å². The van der Waals surface area contributed by atoms with Crippen molar-refractivity contribution in [2.75, 3.05) is 19.4 Å². The van der Waals surface area contributed by atoms with Crippen LogP contribution in [0.3, 0.4) is 0 Å². The lowest BCUT2D eigenvalue weighted by atomic mass is 10.1. The predicted octanol–water partition coefficient (Wildman–Crippen LogP) is -0.293. The molecule has 0 radical (unpaired) electrons. The van der Waals surface area contributed by atoms with Crippen LogP contribution in [0.4, 0.5) is 4.79 Å². The molecule has 1 fully saturated rings. The lowest BCUT2D eigenvalue weighted by Gasteiger charge is -2.15. The van der Waals surface area contributed by atoms with E-state index in [0.29, 0.717) is 6.54 Å². The molecule has 2 atom stereocenters. The summed E-state index contributed by atoms with van der Waals surface area (Å²) in [6.07, 6.45) is 0.198. The Morgan fingerprint density at radius 2 is 2.36 bits per heavy atom. The van der Waals surface area contributed by atoms with E-state index in [9.17, 15) is 13.2 Å². The second kappa shape index (κ2) is 4.14. The summed E-state index contributed by atoms with van der Waals surface area (Å²) in [5, 5.41) is 2.48. The molecule has 1 saturated heterocycles. The Hall–Kier alpha value is -0.820. The Morgan fingerprint density at radius 1 is 1.71 bits per heavy atom. The minimum Gasteiger partial charge on any atom is -0.444 e. The summed E-state index contributed by atoms with van der Waals surface area (Å²) in [6.45, 7) is 2.18. The van der Waals surface area contributed by atoms with E-state index in [2.05, 4.69) is 9.50 Å². The highest BCUT2D eigenvalue weighted by Gasteiger charge is 2.28. The fraction of sp³-hybridized carbons (Fsp3) is 0.857. The van der Waals surface area contributed by atoms with Gasteiger partial charge in [-0.15, -0.1) is 0 Å². The number of carbonyl (C=O) groups is 1. The van der Waals surface area contributed by atoms with E-state index in [4.69, 9.17) is 4.74 Å². The summed E-state index contributed by atoms with van der Waals surface area (Å²) in [4.78, 5) is 10.7. The van der Waals surface area contributed by atoms with Crippen molar-refractivity contribution in [1.82, 2.24) is 5.32 Å². The van der Waals surface area contributed by atoms with Crippen molar-refractivity contribution in [2.45, 2.75) is 13.0 Å². The molecule has 7 heteroatoms. The van der Waals surface area contributed by atoms with E-state index >= 15 is 0 Å². The van der Waals surface area contributed by atoms with Gasteiger partial charge in [0, 0.05) is 5.92 Å². The van der Waals surface area contributed by atoms with E-state index in [1.165, 1.54) is 0 Å². The zero-order chi connectivity index (χ0) is 10.8. The maximum Gasteiger partial charge on any atom is 0.407 e. The zero-order valence-electron chi connectivity index (χ0n) is 8.02. The highest BCUT2D eigenvalue weighted by atomic mass is 32.2. The van der Waals surface area contributed by atoms with E-state index in [0.717, 1.165) is 6.26 Å². The second-order valence-corrected chi connectivity index (χ2v) is 4.93. The number of amides is 1. The van der Waals surface area contributed by atoms with Gasteiger partial charge >= 0.3 is 6.09 Å². The van der Waals surface area contributed by atoms with Crippen LogP contribution in [0.25, 0.3) is 0 Å². The normalized spacial score (nSPS) is 24.1. The van der Waals surface area contributed by atoms with Gasteiger partial charge in [-0.1, -0.05) is 6.92 Å². The monoisotopic (exact) mass is 223 g/mol. The fourth-order valence-corrected chi connectivity index (χ4v) is 1.52. The van der Waals surface area contributed by atoms with E-state index in [-0.39, 0.29) is 18.6 Å². The van der Waals surface area contributed by atoms with E-state index in [1.807, 2.05) is 0 Å². The third kappa shape index (κ3) is 3.51. The van der Waals surface area contributed by atoms with Crippen molar-refractivity contribution < 1.29 is 22.1 Å². The smallest absolute Gasteiger partial charge is 0.407 e. The van der Waals surface area contributed by atoms with Gasteiger partial charge in [-0.05, 0) is 0 Å². The van der Waals surface area contributed by atoms with Gasteiger partial charge in [0.25, 0.3) is 10.1 Å². The maximum atomic E-state index is 10.7. The second-order valence-electron chi connectivity index (χ2n) is 3.29. The molecular formula is C7H13NO5S. The number of alkyl carbamates (subject to hydrolysis) is 1. The molecule has 0 saturated carbocycles. The molecule has 1 aliphatic rings. The minimum absolute atomic E-state index is 0.0263. The number of nitrogens with one attached hydrogen (secondary N) is 1. The Bertz CT molecular complexity index is 312. The molecule has 1 rings (SSSR count). The van der Waals surface area contributed by atoms with Gasteiger partial charge < -0.3 is 10.1 Å². The van der Waals surface area contributed by atoms with Crippen molar-refractivity contribution in [2.24, 2.45) is 5.92 Å². The number of ether oxygens (including phenoxy) is 1. The first kappa shape index (κ1) is 11.3. The van der Waals surface area contributed by atoms with Crippen LogP contribution in [0.2, 0.25) is 0 Å². The summed E-state index contributed by atoms with van der Waals surface area (Å²) < 4.78 is 30.8. The molecule has 1 amide bonds. The quantitative estimate of drug-likeness (QED) is 0.662. The van der Waals surface area contributed by atoms with Crippen LogP contribution in [-0.4, -0.2) is 40.0 Å². The summed E-state index contributed by atoms with van der Waals surface area (Å²) in [6, 6.07) is 0. The van der Waals surface area contributed by atoms with Crippen LogP contribution in [0, 0.1) is 5.92 Å². The molecule has 0 aromatic rings. The molecule has 6 nitrogen and oxygen atoms in total. The van der Waals surface area contributed by atoms with Gasteiger partial charge in [-0.25, -0.2) is 4.79 Å². The molecule has 1 heterocycles. The molecule has 0 aliphatic carbocycles. The van der Waals surface area contributed by atoms with Crippen molar-refractivity contribution in [3.05, 3.63) is 0 Å². The Morgan fingerprint density at radius 3 is 2.79 bits per heavy atom. The molecule has 0 aromatic carbocycles. The third-order valence-electron chi connectivity index (χ3n) is 1.89. The number of hydrogen-bond donors (Lipinski definition) is 1. The SMILES string of the molecule is CC(COS(C)(=O)=O)[C@@H]1CNC(=O)O1. The predicted molar refractivity (Wildman–Crippen MR) is 48.2 cm³/mol. The Labute approximate surface area is 82.7 Å². The van der Waals surface area contributed by atoms with Crippen LogP contribution in [0.5, 0.6) is 0 Å². The summed E-state index contributed by atoms with van der Waals surface area (Å²) >= 11 is 0. The molecular weight excluding hydrogens is 210 g/mol.